The van der Waals surface area contributed by atoms with Gasteiger partial charge >= 0.3 is 0 Å². The van der Waals surface area contributed by atoms with Crippen LogP contribution in [0.5, 0.6) is 0 Å². The van der Waals surface area contributed by atoms with Gasteiger partial charge < -0.3 is 4.90 Å². The Hall–Kier alpha value is -3.42. The molecule has 0 saturated carbocycles. The average molecular weight is 527 g/mol. The van der Waals surface area contributed by atoms with Gasteiger partial charge in [-0.15, -0.1) is 0 Å². The molecule has 32 heavy (non-hydrogen) atoms. The summed E-state index contributed by atoms with van der Waals surface area (Å²) in [7, 11) is 0. The first-order valence-electron chi connectivity index (χ1n) is 10.3. The van der Waals surface area contributed by atoms with Crippen LogP contribution in [0.2, 0.25) is 0 Å². The maximum atomic E-state index is 14.1. The molecule has 0 aliphatic carbocycles. The van der Waals surface area contributed by atoms with E-state index in [4.69, 9.17) is 0 Å². The fraction of sp³-hybridized carbons (Fsp3) is 0.148. The number of nitrogens with zero attached hydrogens (tertiary/aromatic N) is 3. The van der Waals surface area contributed by atoms with Crippen molar-refractivity contribution in [2.75, 3.05) is 4.90 Å². The molecule has 1 saturated heterocycles. The van der Waals surface area contributed by atoms with Crippen molar-refractivity contribution < 1.29 is 4.79 Å². The first-order chi connectivity index (χ1) is 15.6. The molecule has 2 aliphatic rings. The summed E-state index contributed by atoms with van der Waals surface area (Å²) < 4.78 is 1.09. The van der Waals surface area contributed by atoms with E-state index in [1.807, 2.05) is 65.6 Å². The van der Waals surface area contributed by atoms with Gasteiger partial charge in [-0.05, 0) is 51.9 Å². The minimum atomic E-state index is -1.44. The summed E-state index contributed by atoms with van der Waals surface area (Å²) in [5.74, 6) is -0.855. The van der Waals surface area contributed by atoms with Crippen LogP contribution in [0.4, 0.5) is 5.69 Å². The van der Waals surface area contributed by atoms with Crippen LogP contribution in [0.15, 0.2) is 84.9 Å². The largest absolute Gasteiger partial charge is 0.346 e. The van der Waals surface area contributed by atoms with Gasteiger partial charge in [0.25, 0.3) is 0 Å². The molecule has 0 spiro atoms. The third-order valence-corrected chi connectivity index (χ3v) is 7.16. The molecule has 0 N–H and O–H groups in total. The summed E-state index contributed by atoms with van der Waals surface area (Å²) >= 11 is 2.26. The molecule has 3 aromatic rings. The van der Waals surface area contributed by atoms with E-state index in [1.54, 1.807) is 24.3 Å². The summed E-state index contributed by atoms with van der Waals surface area (Å²) in [5.41, 5.74) is 1.72. The zero-order valence-electron chi connectivity index (χ0n) is 17.0. The van der Waals surface area contributed by atoms with Gasteiger partial charge in [0.15, 0.2) is 11.2 Å². The number of hydrogen-bond donors (Lipinski definition) is 0. The molecule has 3 aromatic carbocycles. The van der Waals surface area contributed by atoms with Gasteiger partial charge in [-0.25, -0.2) is 0 Å². The van der Waals surface area contributed by atoms with E-state index in [-0.39, 0.29) is 5.78 Å². The van der Waals surface area contributed by atoms with Gasteiger partial charge in [0.2, 0.25) is 0 Å². The highest BCUT2D eigenvalue weighted by Gasteiger charge is 2.64. The number of hydrogen-bond acceptors (Lipinski definition) is 4. The summed E-state index contributed by atoms with van der Waals surface area (Å²) in [6.07, 6.45) is 3.90. The Labute approximate surface area is 200 Å². The van der Waals surface area contributed by atoms with Gasteiger partial charge in [0.05, 0.1) is 18.2 Å². The number of nitriles is 2. The molecule has 2 heterocycles. The lowest BCUT2D eigenvalue weighted by Crippen LogP contribution is -2.45. The number of rotatable bonds is 3. The smallest absolute Gasteiger partial charge is 0.186 e. The zero-order chi connectivity index (χ0) is 22.3. The Bertz CT molecular complexity index is 1310. The third kappa shape index (κ3) is 2.89. The van der Waals surface area contributed by atoms with E-state index in [0.29, 0.717) is 5.56 Å². The number of benzene rings is 3. The molecule has 0 radical (unpaired) electrons. The maximum Gasteiger partial charge on any atom is 0.186 e. The van der Waals surface area contributed by atoms with Crippen molar-refractivity contribution in [2.24, 2.45) is 5.41 Å². The van der Waals surface area contributed by atoms with Crippen molar-refractivity contribution in [3.8, 4) is 12.1 Å². The standard InChI is InChI=1S/C27H18IN3O/c28-21-12-13-22-20(15-21)11-14-24-27(17-30,26(32)19-9-5-2-6-10-19)25(23(16-29)31(22)24)18-7-3-1-4-8-18/h1-15,23-25H/t23-,24-,25-,27-/m0/s1. The molecule has 1 fully saturated rings. The molecule has 5 heteroatoms. The lowest BCUT2D eigenvalue weighted by Gasteiger charge is -2.36. The van der Waals surface area contributed by atoms with Crippen LogP contribution >= 0.6 is 22.6 Å². The van der Waals surface area contributed by atoms with Crippen molar-refractivity contribution in [1.29, 1.82) is 10.5 Å². The molecule has 0 bridgehead atoms. The average Bonchev–Trinajstić information content (AvgIpc) is 3.15. The predicted octanol–water partition coefficient (Wildman–Crippen LogP) is 5.58. The van der Waals surface area contributed by atoms with Gasteiger partial charge in [-0.2, -0.15) is 10.5 Å². The highest BCUT2D eigenvalue weighted by Crippen LogP contribution is 2.56. The van der Waals surface area contributed by atoms with Crippen LogP contribution < -0.4 is 4.90 Å². The van der Waals surface area contributed by atoms with E-state index in [2.05, 4.69) is 40.8 Å². The van der Waals surface area contributed by atoms with E-state index in [1.165, 1.54) is 0 Å². The number of carbonyl (C=O) groups excluding carboxylic acids is 1. The van der Waals surface area contributed by atoms with Crippen LogP contribution in [-0.2, 0) is 0 Å². The lowest BCUT2D eigenvalue weighted by atomic mass is 9.65. The second kappa shape index (κ2) is 7.93. The van der Waals surface area contributed by atoms with Crippen LogP contribution in [0.1, 0.15) is 27.4 Å². The molecule has 154 valence electrons. The van der Waals surface area contributed by atoms with Crippen molar-refractivity contribution in [3.05, 3.63) is 105 Å². The highest BCUT2D eigenvalue weighted by molar-refractivity contribution is 14.1. The van der Waals surface area contributed by atoms with Crippen molar-refractivity contribution >= 4 is 40.1 Å². The SMILES string of the molecule is N#C[C@H]1[C@H](c2ccccc2)[C@@](C#N)(C(=O)c2ccccc2)[C@@H]2C=Cc3cc(I)ccc3N21. The molecule has 0 aromatic heterocycles. The molecular weight excluding hydrogens is 509 g/mol. The van der Waals surface area contributed by atoms with E-state index in [0.717, 1.165) is 20.4 Å². The van der Waals surface area contributed by atoms with E-state index < -0.39 is 23.4 Å². The first kappa shape index (κ1) is 20.5. The second-order valence-electron chi connectivity index (χ2n) is 8.05. The van der Waals surface area contributed by atoms with Crippen LogP contribution in [0.3, 0.4) is 0 Å². The van der Waals surface area contributed by atoms with Crippen molar-refractivity contribution in [1.82, 2.24) is 0 Å². The lowest BCUT2D eigenvalue weighted by molar-refractivity contribution is 0.0842. The molecule has 0 unspecified atom stereocenters. The summed E-state index contributed by atoms with van der Waals surface area (Å²) in [6, 6.07) is 28.2. The summed E-state index contributed by atoms with van der Waals surface area (Å²) in [4.78, 5) is 16.1. The topological polar surface area (TPSA) is 67.9 Å². The number of Topliss-reactive ketones (excluding diaryl/α,β-unsaturated/α-hetero) is 1. The van der Waals surface area contributed by atoms with Crippen LogP contribution in [-0.4, -0.2) is 17.9 Å². The Morgan fingerprint density at radius 2 is 1.66 bits per heavy atom. The van der Waals surface area contributed by atoms with Crippen LogP contribution in [0, 0.1) is 31.6 Å². The highest BCUT2D eigenvalue weighted by atomic mass is 127. The quantitative estimate of drug-likeness (QED) is 0.330. The predicted molar refractivity (Wildman–Crippen MR) is 132 cm³/mol. The molecule has 4 atom stereocenters. The Balaban J connectivity index is 1.79. The second-order valence-corrected chi connectivity index (χ2v) is 9.30. The van der Waals surface area contributed by atoms with Crippen molar-refractivity contribution in [3.63, 3.8) is 0 Å². The minimum absolute atomic E-state index is 0.249. The number of carbonyl (C=O) groups is 1. The van der Waals surface area contributed by atoms with Gasteiger partial charge in [-0.1, -0.05) is 72.8 Å². The van der Waals surface area contributed by atoms with E-state index in [9.17, 15) is 15.3 Å². The zero-order valence-corrected chi connectivity index (χ0v) is 19.2. The fourth-order valence-corrected chi connectivity index (χ4v) is 5.67. The van der Waals surface area contributed by atoms with Gasteiger partial charge in [0.1, 0.15) is 6.04 Å². The number of fused-ring (bicyclic) bond motifs is 3. The Kier molecular flexibility index (Phi) is 5.07. The van der Waals surface area contributed by atoms with Gasteiger partial charge in [-0.3, -0.25) is 4.79 Å². The third-order valence-electron chi connectivity index (χ3n) is 6.49. The summed E-state index contributed by atoms with van der Waals surface area (Å²) in [6.45, 7) is 0. The first-order valence-corrected chi connectivity index (χ1v) is 11.4. The van der Waals surface area contributed by atoms with Crippen molar-refractivity contribution in [2.45, 2.75) is 18.0 Å². The number of halogens is 1. The fourth-order valence-electron chi connectivity index (χ4n) is 5.15. The van der Waals surface area contributed by atoms with E-state index >= 15 is 0 Å². The Morgan fingerprint density at radius 1 is 0.969 bits per heavy atom. The Morgan fingerprint density at radius 3 is 2.31 bits per heavy atom. The normalized spacial score (nSPS) is 25.3. The molecular formula is C27H18IN3O. The maximum absolute atomic E-state index is 14.1. The number of ketones is 1. The number of anilines is 1. The summed E-state index contributed by atoms with van der Waals surface area (Å²) in [5, 5.41) is 21.0. The minimum Gasteiger partial charge on any atom is -0.346 e. The monoisotopic (exact) mass is 527 g/mol. The molecule has 2 aliphatic heterocycles. The van der Waals surface area contributed by atoms with Crippen LogP contribution in [0.25, 0.3) is 6.08 Å². The van der Waals surface area contributed by atoms with Gasteiger partial charge in [0, 0.05) is 20.7 Å². The molecule has 4 nitrogen and oxygen atoms in total. The molecule has 0 amide bonds. The molecule has 5 rings (SSSR count).